The highest BCUT2D eigenvalue weighted by Gasteiger charge is 2.48. The van der Waals surface area contributed by atoms with E-state index in [-0.39, 0.29) is 11.4 Å². The Bertz CT molecular complexity index is 777. The van der Waals surface area contributed by atoms with E-state index < -0.39 is 26.7 Å². The third-order valence-electron chi connectivity index (χ3n) is 4.95. The standard InChI is InChI=1S/C17H26N2O4S2/c1-10-9-11(2)13(4)14(12(10)3)25(22,23)19-7-8-24-17(5,6)15(19)16(20)18-21/h9,15,21H,7-8H2,1-6H3,(H,18,20)/t15-/m0/s1. The fraction of sp³-hybridized carbons (Fsp3) is 0.588. The molecular formula is C17H26N2O4S2. The van der Waals surface area contributed by atoms with Gasteiger partial charge in [0.1, 0.15) is 6.04 Å². The normalized spacial score (nSPS) is 21.2. The summed E-state index contributed by atoms with van der Waals surface area (Å²) in [7, 11) is -3.90. The summed E-state index contributed by atoms with van der Waals surface area (Å²) in [6.45, 7) is 11.2. The number of nitrogens with one attached hydrogen (secondary N) is 1. The molecule has 0 radical (unpaired) electrons. The maximum Gasteiger partial charge on any atom is 0.263 e. The number of thioether (sulfide) groups is 1. The van der Waals surface area contributed by atoms with Crippen molar-refractivity contribution >= 4 is 27.7 Å². The number of rotatable bonds is 3. The fourth-order valence-electron chi connectivity index (χ4n) is 3.40. The van der Waals surface area contributed by atoms with E-state index >= 15 is 0 Å². The number of carbonyl (C=O) groups is 1. The van der Waals surface area contributed by atoms with Gasteiger partial charge in [-0.15, -0.1) is 0 Å². The van der Waals surface area contributed by atoms with Crippen LogP contribution in [0.1, 0.15) is 36.1 Å². The molecule has 1 fully saturated rings. The van der Waals surface area contributed by atoms with Crippen LogP contribution >= 0.6 is 11.8 Å². The summed E-state index contributed by atoms with van der Waals surface area (Å²) >= 11 is 1.52. The number of hydrogen-bond acceptors (Lipinski definition) is 5. The quantitative estimate of drug-likeness (QED) is 0.615. The summed E-state index contributed by atoms with van der Waals surface area (Å²) in [6.07, 6.45) is 0. The van der Waals surface area contributed by atoms with Gasteiger partial charge in [0.2, 0.25) is 10.0 Å². The molecule has 0 bridgehead atoms. The van der Waals surface area contributed by atoms with Crippen molar-refractivity contribution < 1.29 is 18.4 Å². The molecule has 25 heavy (non-hydrogen) atoms. The lowest BCUT2D eigenvalue weighted by atomic mass is 10.0. The largest absolute Gasteiger partial charge is 0.289 e. The van der Waals surface area contributed by atoms with Crippen LogP contribution in [0.2, 0.25) is 0 Å². The Hall–Kier alpha value is -1.09. The Morgan fingerprint density at radius 1 is 1.24 bits per heavy atom. The van der Waals surface area contributed by atoms with Crippen LogP contribution in [0, 0.1) is 27.7 Å². The Morgan fingerprint density at radius 2 is 1.76 bits per heavy atom. The van der Waals surface area contributed by atoms with Crippen LogP contribution in [0.5, 0.6) is 0 Å². The van der Waals surface area contributed by atoms with Gasteiger partial charge in [-0.05, 0) is 63.8 Å². The number of amides is 1. The number of sulfonamides is 1. The molecule has 0 spiro atoms. The number of hydrogen-bond donors (Lipinski definition) is 2. The first-order valence-corrected chi connectivity index (χ1v) is 10.5. The molecule has 1 aromatic rings. The summed E-state index contributed by atoms with van der Waals surface area (Å²) in [5.41, 5.74) is 4.83. The predicted molar refractivity (Wildman–Crippen MR) is 99.5 cm³/mol. The van der Waals surface area contributed by atoms with E-state index in [4.69, 9.17) is 5.21 Å². The topological polar surface area (TPSA) is 86.7 Å². The van der Waals surface area contributed by atoms with Crippen molar-refractivity contribution in [1.29, 1.82) is 0 Å². The minimum atomic E-state index is -3.90. The van der Waals surface area contributed by atoms with Crippen molar-refractivity contribution in [2.45, 2.75) is 57.2 Å². The van der Waals surface area contributed by atoms with Crippen LogP contribution < -0.4 is 5.48 Å². The SMILES string of the molecule is Cc1cc(C)c(C)c(S(=O)(=O)N2CCSC(C)(C)[C@@H]2C(=O)NO)c1C. The molecule has 0 aliphatic carbocycles. The first kappa shape index (κ1) is 20.2. The molecule has 0 aromatic heterocycles. The van der Waals surface area contributed by atoms with Gasteiger partial charge in [-0.3, -0.25) is 10.0 Å². The van der Waals surface area contributed by atoms with Gasteiger partial charge in [0, 0.05) is 17.0 Å². The molecule has 0 saturated carbocycles. The maximum absolute atomic E-state index is 13.5. The Balaban J connectivity index is 2.68. The minimum Gasteiger partial charge on any atom is -0.289 e. The van der Waals surface area contributed by atoms with E-state index in [1.807, 2.05) is 33.8 Å². The predicted octanol–water partition coefficient (Wildman–Crippen LogP) is 2.31. The molecule has 0 unspecified atom stereocenters. The van der Waals surface area contributed by atoms with Gasteiger partial charge in [0.25, 0.3) is 5.91 Å². The smallest absolute Gasteiger partial charge is 0.263 e. The highest BCUT2D eigenvalue weighted by atomic mass is 32.2. The first-order valence-electron chi connectivity index (χ1n) is 8.12. The van der Waals surface area contributed by atoms with Gasteiger partial charge in [0.05, 0.1) is 4.90 Å². The van der Waals surface area contributed by atoms with Crippen LogP contribution in [0.25, 0.3) is 0 Å². The number of carbonyl (C=O) groups excluding carboxylic acids is 1. The molecule has 1 heterocycles. The zero-order valence-electron chi connectivity index (χ0n) is 15.5. The Labute approximate surface area is 154 Å². The highest BCUT2D eigenvalue weighted by Crippen LogP contribution is 2.39. The monoisotopic (exact) mass is 386 g/mol. The number of benzene rings is 1. The van der Waals surface area contributed by atoms with E-state index in [0.29, 0.717) is 16.9 Å². The van der Waals surface area contributed by atoms with Gasteiger partial charge in [0.15, 0.2) is 0 Å². The molecular weight excluding hydrogens is 360 g/mol. The lowest BCUT2D eigenvalue weighted by molar-refractivity contribution is -0.134. The molecule has 2 N–H and O–H groups in total. The van der Waals surface area contributed by atoms with E-state index in [0.717, 1.165) is 11.1 Å². The van der Waals surface area contributed by atoms with Crippen molar-refractivity contribution in [3.8, 4) is 0 Å². The van der Waals surface area contributed by atoms with Crippen molar-refractivity contribution in [1.82, 2.24) is 9.79 Å². The zero-order valence-corrected chi connectivity index (χ0v) is 17.1. The maximum atomic E-state index is 13.5. The van der Waals surface area contributed by atoms with Gasteiger partial charge in [-0.2, -0.15) is 16.1 Å². The van der Waals surface area contributed by atoms with Gasteiger partial charge in [-0.1, -0.05) is 6.07 Å². The summed E-state index contributed by atoms with van der Waals surface area (Å²) in [4.78, 5) is 12.6. The van der Waals surface area contributed by atoms with Crippen LogP contribution in [0.15, 0.2) is 11.0 Å². The van der Waals surface area contributed by atoms with E-state index in [9.17, 15) is 13.2 Å². The lowest BCUT2D eigenvalue weighted by Crippen LogP contribution is -2.61. The molecule has 1 aromatic carbocycles. The minimum absolute atomic E-state index is 0.223. The van der Waals surface area contributed by atoms with E-state index in [1.165, 1.54) is 16.1 Å². The average Bonchev–Trinajstić information content (AvgIpc) is 2.51. The van der Waals surface area contributed by atoms with Crippen LogP contribution in [0.4, 0.5) is 0 Å². The van der Waals surface area contributed by atoms with Crippen molar-refractivity contribution in [3.63, 3.8) is 0 Å². The molecule has 2 rings (SSSR count). The fourth-order valence-corrected chi connectivity index (χ4v) is 7.09. The molecule has 1 saturated heterocycles. The molecule has 1 aliphatic heterocycles. The second-order valence-corrected chi connectivity index (χ2v) is 10.6. The Kier molecular flexibility index (Phi) is 5.59. The number of nitrogens with zero attached hydrogens (tertiary/aromatic N) is 1. The molecule has 8 heteroatoms. The molecule has 140 valence electrons. The van der Waals surface area contributed by atoms with Gasteiger partial charge in [-0.25, -0.2) is 13.9 Å². The summed E-state index contributed by atoms with van der Waals surface area (Å²) < 4.78 is 27.6. The molecule has 1 amide bonds. The first-order chi connectivity index (χ1) is 11.4. The second-order valence-electron chi connectivity index (χ2n) is 7.04. The third-order valence-corrected chi connectivity index (χ3v) is 8.45. The second kappa shape index (κ2) is 6.90. The van der Waals surface area contributed by atoms with Crippen LogP contribution in [-0.2, 0) is 14.8 Å². The van der Waals surface area contributed by atoms with Crippen molar-refractivity contribution in [2.75, 3.05) is 12.3 Å². The summed E-state index contributed by atoms with van der Waals surface area (Å²) in [5, 5.41) is 9.14. The van der Waals surface area contributed by atoms with Crippen molar-refractivity contribution in [3.05, 3.63) is 28.3 Å². The van der Waals surface area contributed by atoms with Crippen LogP contribution in [0.3, 0.4) is 0 Å². The van der Waals surface area contributed by atoms with Crippen LogP contribution in [-0.4, -0.2) is 46.9 Å². The Morgan fingerprint density at radius 3 is 2.24 bits per heavy atom. The molecule has 1 aliphatic rings. The van der Waals surface area contributed by atoms with Crippen molar-refractivity contribution in [2.24, 2.45) is 0 Å². The lowest BCUT2D eigenvalue weighted by Gasteiger charge is -2.43. The highest BCUT2D eigenvalue weighted by molar-refractivity contribution is 8.01. The van der Waals surface area contributed by atoms with E-state index in [1.54, 1.807) is 19.3 Å². The van der Waals surface area contributed by atoms with Gasteiger partial charge >= 0.3 is 0 Å². The zero-order chi connectivity index (χ0) is 19.2. The van der Waals surface area contributed by atoms with E-state index in [2.05, 4.69) is 0 Å². The summed E-state index contributed by atoms with van der Waals surface area (Å²) in [5.74, 6) is -0.120. The average molecular weight is 387 g/mol. The number of aryl methyl sites for hydroxylation is 2. The third kappa shape index (κ3) is 3.45. The molecule has 1 atom stereocenters. The number of hydroxylamine groups is 1. The molecule has 6 nitrogen and oxygen atoms in total. The summed E-state index contributed by atoms with van der Waals surface area (Å²) in [6, 6.07) is 0.985. The van der Waals surface area contributed by atoms with Gasteiger partial charge < -0.3 is 0 Å².